The van der Waals surface area contributed by atoms with Gasteiger partial charge in [-0.25, -0.2) is 9.97 Å². The number of aromatic nitrogens is 2. The third-order valence-corrected chi connectivity index (χ3v) is 6.19. The van der Waals surface area contributed by atoms with Gasteiger partial charge in [0, 0.05) is 18.7 Å². The number of nitrogens with two attached hydrogens (primary N) is 1. The van der Waals surface area contributed by atoms with Crippen molar-refractivity contribution in [2.75, 3.05) is 32.0 Å². The third-order valence-electron chi connectivity index (χ3n) is 5.11. The molecule has 28 heavy (non-hydrogen) atoms. The average molecular weight is 396 g/mol. The maximum atomic E-state index is 12.9. The fourth-order valence-electron chi connectivity index (χ4n) is 3.63. The second-order valence-corrected chi connectivity index (χ2v) is 7.96. The second-order valence-electron chi connectivity index (χ2n) is 6.97. The van der Waals surface area contributed by atoms with Gasteiger partial charge in [0.1, 0.15) is 28.4 Å². The normalized spacial score (nSPS) is 16.4. The molecule has 1 saturated heterocycles. The summed E-state index contributed by atoms with van der Waals surface area (Å²) >= 11 is 1.32. The summed E-state index contributed by atoms with van der Waals surface area (Å²) in [6, 6.07) is 5.71. The molecule has 1 amide bonds. The van der Waals surface area contributed by atoms with Gasteiger partial charge in [-0.15, -0.1) is 11.3 Å². The summed E-state index contributed by atoms with van der Waals surface area (Å²) in [5.74, 6) is 1.43. The lowest BCUT2D eigenvalue weighted by atomic mass is 10.1. The molecular formula is C20H20N4O3S. The maximum Gasteiger partial charge on any atom is 0.266 e. The van der Waals surface area contributed by atoms with Crippen LogP contribution in [0.1, 0.15) is 28.9 Å². The van der Waals surface area contributed by atoms with Crippen molar-refractivity contribution in [2.45, 2.75) is 19.3 Å². The van der Waals surface area contributed by atoms with Gasteiger partial charge in [0.05, 0.1) is 17.6 Å². The highest BCUT2D eigenvalue weighted by molar-refractivity contribution is 7.21. The molecule has 2 aromatic heterocycles. The fraction of sp³-hybridized carbons (Fsp3) is 0.350. The summed E-state index contributed by atoms with van der Waals surface area (Å²) < 4.78 is 11.2. The molecule has 0 saturated carbocycles. The summed E-state index contributed by atoms with van der Waals surface area (Å²) in [7, 11) is 0. The van der Waals surface area contributed by atoms with Crippen LogP contribution in [-0.4, -0.2) is 47.1 Å². The van der Waals surface area contributed by atoms with E-state index >= 15 is 0 Å². The number of piperidine rings is 1. The number of hydrogen-bond acceptors (Lipinski definition) is 7. The summed E-state index contributed by atoms with van der Waals surface area (Å²) in [5.41, 5.74) is 8.86. The Labute approximate surface area is 166 Å². The molecule has 7 nitrogen and oxygen atoms in total. The molecule has 0 bridgehead atoms. The van der Waals surface area contributed by atoms with Gasteiger partial charge in [-0.05, 0) is 37.5 Å². The molecule has 1 fully saturated rings. The Morgan fingerprint density at radius 3 is 2.71 bits per heavy atom. The average Bonchev–Trinajstić information content (AvgIpc) is 3.09. The van der Waals surface area contributed by atoms with Crippen LogP contribution in [-0.2, 0) is 0 Å². The molecule has 0 atom stereocenters. The molecule has 144 valence electrons. The predicted octanol–water partition coefficient (Wildman–Crippen LogP) is 3.34. The number of amides is 1. The minimum atomic E-state index is -0.0112. The highest BCUT2D eigenvalue weighted by atomic mass is 32.1. The summed E-state index contributed by atoms with van der Waals surface area (Å²) in [5, 5.41) is 0. The van der Waals surface area contributed by atoms with Crippen LogP contribution in [0.4, 0.5) is 5.69 Å². The van der Waals surface area contributed by atoms with E-state index in [1.54, 1.807) is 6.20 Å². The monoisotopic (exact) mass is 396 g/mol. The number of likely N-dealkylation sites (tertiary alicyclic amines) is 1. The van der Waals surface area contributed by atoms with Crippen molar-refractivity contribution in [1.29, 1.82) is 0 Å². The van der Waals surface area contributed by atoms with E-state index in [0.717, 1.165) is 37.2 Å². The lowest BCUT2D eigenvalue weighted by Crippen LogP contribution is -2.35. The van der Waals surface area contributed by atoms with Crippen LogP contribution in [0.2, 0.25) is 0 Å². The molecule has 2 aliphatic heterocycles. The van der Waals surface area contributed by atoms with Gasteiger partial charge in [0.25, 0.3) is 5.91 Å². The van der Waals surface area contributed by atoms with Gasteiger partial charge in [-0.2, -0.15) is 0 Å². The fourth-order valence-corrected chi connectivity index (χ4v) is 4.65. The summed E-state index contributed by atoms with van der Waals surface area (Å²) in [6.07, 6.45) is 4.95. The molecular weight excluding hydrogens is 376 g/mol. The van der Waals surface area contributed by atoms with E-state index in [1.165, 1.54) is 17.8 Å². The Morgan fingerprint density at radius 2 is 1.89 bits per heavy atom. The van der Waals surface area contributed by atoms with Crippen LogP contribution in [0, 0.1) is 0 Å². The SMILES string of the molecule is Nc1c(C(=O)N2CCCCC2)sc2nc(-c3ccc4c(c3)OCCO4)cnc12. The zero-order chi connectivity index (χ0) is 19.1. The number of fused-ring (bicyclic) bond motifs is 2. The van der Waals surface area contributed by atoms with Crippen LogP contribution < -0.4 is 15.2 Å². The number of carbonyl (C=O) groups is 1. The predicted molar refractivity (Wildman–Crippen MR) is 108 cm³/mol. The molecule has 0 radical (unpaired) electrons. The van der Waals surface area contributed by atoms with Crippen molar-refractivity contribution in [3.05, 3.63) is 29.3 Å². The zero-order valence-corrected chi connectivity index (χ0v) is 16.1. The maximum absolute atomic E-state index is 12.9. The second kappa shape index (κ2) is 6.94. The standard InChI is InChI=1S/C20H20N4O3S/c21-16-17-19(28-18(16)20(25)24-6-2-1-3-7-24)23-13(11-22-17)12-4-5-14-15(10-12)27-9-8-26-14/h4-5,10-11H,1-3,6-9,21H2. The molecule has 0 unspecified atom stereocenters. The van der Waals surface area contributed by atoms with Crippen molar-refractivity contribution >= 4 is 33.3 Å². The number of hydrogen-bond donors (Lipinski definition) is 1. The van der Waals surface area contributed by atoms with E-state index in [0.29, 0.717) is 45.6 Å². The zero-order valence-electron chi connectivity index (χ0n) is 15.3. The van der Waals surface area contributed by atoms with Crippen molar-refractivity contribution in [1.82, 2.24) is 14.9 Å². The molecule has 0 aliphatic carbocycles. The Hall–Kier alpha value is -2.87. The highest BCUT2D eigenvalue weighted by Crippen LogP contribution is 2.36. The van der Waals surface area contributed by atoms with Crippen LogP contribution in [0.25, 0.3) is 21.6 Å². The molecule has 8 heteroatoms. The molecule has 1 aromatic carbocycles. The Kier molecular flexibility index (Phi) is 4.27. The van der Waals surface area contributed by atoms with Gasteiger partial charge >= 0.3 is 0 Å². The molecule has 2 N–H and O–H groups in total. The van der Waals surface area contributed by atoms with Crippen LogP contribution in [0.3, 0.4) is 0 Å². The first-order valence-electron chi connectivity index (χ1n) is 9.45. The van der Waals surface area contributed by atoms with E-state index in [1.807, 2.05) is 23.1 Å². The topological polar surface area (TPSA) is 90.6 Å². The number of ether oxygens (including phenoxy) is 2. The summed E-state index contributed by atoms with van der Waals surface area (Å²) in [6.45, 7) is 2.66. The van der Waals surface area contributed by atoms with Gasteiger partial charge in [0.2, 0.25) is 0 Å². The van der Waals surface area contributed by atoms with E-state index in [-0.39, 0.29) is 5.91 Å². The highest BCUT2D eigenvalue weighted by Gasteiger charge is 2.25. The smallest absolute Gasteiger partial charge is 0.266 e. The number of benzene rings is 1. The van der Waals surface area contributed by atoms with Gasteiger partial charge in [-0.1, -0.05) is 0 Å². The number of anilines is 1. The summed E-state index contributed by atoms with van der Waals surface area (Å²) in [4.78, 5) is 25.2. The quantitative estimate of drug-likeness (QED) is 0.714. The van der Waals surface area contributed by atoms with E-state index in [4.69, 9.17) is 20.2 Å². The van der Waals surface area contributed by atoms with E-state index in [2.05, 4.69) is 4.98 Å². The Balaban J connectivity index is 1.50. The van der Waals surface area contributed by atoms with Crippen LogP contribution in [0.15, 0.2) is 24.4 Å². The van der Waals surface area contributed by atoms with E-state index in [9.17, 15) is 4.79 Å². The van der Waals surface area contributed by atoms with E-state index < -0.39 is 0 Å². The Morgan fingerprint density at radius 1 is 1.11 bits per heavy atom. The van der Waals surface area contributed by atoms with Gasteiger partial charge in [0.15, 0.2) is 11.5 Å². The number of nitrogens with zero attached hydrogens (tertiary/aromatic N) is 3. The van der Waals surface area contributed by atoms with Gasteiger partial charge in [-0.3, -0.25) is 4.79 Å². The molecule has 3 aromatic rings. The van der Waals surface area contributed by atoms with Crippen molar-refractivity contribution in [3.63, 3.8) is 0 Å². The number of nitrogen functional groups attached to an aromatic ring is 1. The number of thiophene rings is 1. The molecule has 0 spiro atoms. The minimum absolute atomic E-state index is 0.0112. The molecule has 2 aliphatic rings. The number of rotatable bonds is 2. The van der Waals surface area contributed by atoms with Crippen molar-refractivity contribution < 1.29 is 14.3 Å². The van der Waals surface area contributed by atoms with Gasteiger partial charge < -0.3 is 20.1 Å². The largest absolute Gasteiger partial charge is 0.486 e. The third kappa shape index (κ3) is 2.93. The first-order chi connectivity index (χ1) is 13.7. The van der Waals surface area contributed by atoms with Crippen molar-refractivity contribution in [3.8, 4) is 22.8 Å². The molecule has 5 rings (SSSR count). The Bertz CT molecular complexity index is 1060. The first-order valence-corrected chi connectivity index (χ1v) is 10.3. The minimum Gasteiger partial charge on any atom is -0.486 e. The first kappa shape index (κ1) is 17.2. The molecule has 4 heterocycles. The van der Waals surface area contributed by atoms with Crippen LogP contribution >= 0.6 is 11.3 Å². The number of carbonyl (C=O) groups excluding carboxylic acids is 1. The van der Waals surface area contributed by atoms with Crippen molar-refractivity contribution in [2.24, 2.45) is 0 Å². The van der Waals surface area contributed by atoms with Crippen LogP contribution in [0.5, 0.6) is 11.5 Å². The lowest BCUT2D eigenvalue weighted by Gasteiger charge is -2.26. The lowest BCUT2D eigenvalue weighted by molar-refractivity contribution is 0.0730.